The van der Waals surface area contributed by atoms with Crippen molar-refractivity contribution < 1.29 is 9.59 Å². The first-order valence-corrected chi connectivity index (χ1v) is 9.56. The third-order valence-corrected chi connectivity index (χ3v) is 4.86. The summed E-state index contributed by atoms with van der Waals surface area (Å²) >= 11 is 0. The highest BCUT2D eigenvalue weighted by Gasteiger charge is 2.22. The Morgan fingerprint density at radius 3 is 2.48 bits per heavy atom. The zero-order valence-electron chi connectivity index (χ0n) is 15.8. The van der Waals surface area contributed by atoms with Crippen LogP contribution in [0.25, 0.3) is 0 Å². The van der Waals surface area contributed by atoms with E-state index in [0.717, 1.165) is 32.4 Å². The van der Waals surface area contributed by atoms with Gasteiger partial charge < -0.3 is 15.5 Å². The van der Waals surface area contributed by atoms with E-state index < -0.39 is 0 Å². The molecule has 0 bridgehead atoms. The third kappa shape index (κ3) is 5.66. The molecule has 27 heavy (non-hydrogen) atoms. The highest BCUT2D eigenvalue weighted by molar-refractivity contribution is 5.95. The van der Waals surface area contributed by atoms with E-state index in [0.29, 0.717) is 23.8 Å². The summed E-state index contributed by atoms with van der Waals surface area (Å²) in [5.41, 5.74) is 2.58. The maximum Gasteiger partial charge on any atom is 0.253 e. The molecule has 1 atom stereocenters. The van der Waals surface area contributed by atoms with Crippen molar-refractivity contribution in [2.24, 2.45) is 0 Å². The van der Waals surface area contributed by atoms with E-state index in [4.69, 9.17) is 0 Å². The van der Waals surface area contributed by atoms with Crippen molar-refractivity contribution in [1.29, 1.82) is 0 Å². The van der Waals surface area contributed by atoms with Crippen molar-refractivity contribution in [2.75, 3.05) is 25.0 Å². The van der Waals surface area contributed by atoms with Gasteiger partial charge in [-0.25, -0.2) is 0 Å². The van der Waals surface area contributed by atoms with E-state index in [9.17, 15) is 9.59 Å². The molecule has 2 aromatic rings. The second kappa shape index (κ2) is 9.33. The van der Waals surface area contributed by atoms with Gasteiger partial charge in [0.25, 0.3) is 5.91 Å². The Bertz CT molecular complexity index is 753. The number of rotatable bonds is 7. The lowest BCUT2D eigenvalue weighted by molar-refractivity contribution is -0.114. The molecule has 0 spiro atoms. The Morgan fingerprint density at radius 2 is 1.85 bits per heavy atom. The molecule has 1 aliphatic rings. The number of nitrogens with one attached hydrogen (secondary N) is 2. The average Bonchev–Trinajstić information content (AvgIpc) is 3.19. The molecule has 5 nitrogen and oxygen atoms in total. The first-order chi connectivity index (χ1) is 13.1. The van der Waals surface area contributed by atoms with E-state index in [1.165, 1.54) is 12.5 Å². The molecule has 1 aliphatic heterocycles. The summed E-state index contributed by atoms with van der Waals surface area (Å²) in [6.45, 7) is 3.91. The second-order valence-electron chi connectivity index (χ2n) is 7.04. The maximum absolute atomic E-state index is 13.1. The van der Waals surface area contributed by atoms with Crippen molar-refractivity contribution in [3.05, 3.63) is 65.7 Å². The summed E-state index contributed by atoms with van der Waals surface area (Å²) in [5, 5.41) is 6.21. The van der Waals surface area contributed by atoms with Crippen LogP contribution in [0.4, 0.5) is 5.69 Å². The van der Waals surface area contributed by atoms with Crippen molar-refractivity contribution in [1.82, 2.24) is 10.2 Å². The minimum Gasteiger partial charge on any atom is -0.337 e. The molecule has 1 saturated heterocycles. The van der Waals surface area contributed by atoms with Crippen molar-refractivity contribution >= 4 is 17.5 Å². The molecule has 142 valence electrons. The van der Waals surface area contributed by atoms with Crippen LogP contribution in [0.5, 0.6) is 0 Å². The third-order valence-electron chi connectivity index (χ3n) is 4.86. The Labute approximate surface area is 160 Å². The summed E-state index contributed by atoms with van der Waals surface area (Å²) < 4.78 is 0. The quantitative estimate of drug-likeness (QED) is 0.793. The standard InChI is InChI=1S/C22H27N3O2/c1-17(26)24-20-11-9-19(10-12-20)22(27)25(16-21-8-5-14-23-21)15-13-18-6-3-2-4-7-18/h2-4,6-7,9-12,21,23H,5,8,13-16H2,1H3,(H,24,26)/t21-/m0/s1. The van der Waals surface area contributed by atoms with Crippen LogP contribution in [0.2, 0.25) is 0 Å². The number of hydrogen-bond donors (Lipinski definition) is 2. The molecule has 1 heterocycles. The molecule has 0 saturated carbocycles. The average molecular weight is 365 g/mol. The number of carbonyl (C=O) groups is 2. The molecule has 0 aliphatic carbocycles. The predicted octanol–water partition coefficient (Wildman–Crippen LogP) is 3.08. The van der Waals surface area contributed by atoms with Crippen LogP contribution in [-0.2, 0) is 11.2 Å². The zero-order chi connectivity index (χ0) is 19.1. The molecule has 2 N–H and O–H groups in total. The summed E-state index contributed by atoms with van der Waals surface area (Å²) in [4.78, 5) is 26.2. The number of benzene rings is 2. The van der Waals surface area contributed by atoms with Gasteiger partial charge in [0.2, 0.25) is 5.91 Å². The second-order valence-corrected chi connectivity index (χ2v) is 7.04. The van der Waals surface area contributed by atoms with Crippen molar-refractivity contribution in [2.45, 2.75) is 32.2 Å². The van der Waals surface area contributed by atoms with E-state index >= 15 is 0 Å². The largest absolute Gasteiger partial charge is 0.337 e. The fraction of sp³-hybridized carbons (Fsp3) is 0.364. The fourth-order valence-electron chi connectivity index (χ4n) is 3.45. The van der Waals surface area contributed by atoms with Gasteiger partial charge in [-0.05, 0) is 55.6 Å². The van der Waals surface area contributed by atoms with Crippen LogP contribution >= 0.6 is 0 Å². The monoisotopic (exact) mass is 365 g/mol. The highest BCUT2D eigenvalue weighted by atomic mass is 16.2. The molecule has 5 heteroatoms. The summed E-state index contributed by atoms with van der Waals surface area (Å²) in [5.74, 6) is -0.0834. The number of anilines is 1. The van der Waals surface area contributed by atoms with E-state index in [1.807, 2.05) is 23.1 Å². The van der Waals surface area contributed by atoms with Gasteiger partial charge in [-0.1, -0.05) is 30.3 Å². The minimum atomic E-state index is -0.120. The van der Waals surface area contributed by atoms with E-state index in [-0.39, 0.29) is 11.8 Å². The van der Waals surface area contributed by atoms with Crippen LogP contribution < -0.4 is 10.6 Å². The smallest absolute Gasteiger partial charge is 0.253 e. The summed E-state index contributed by atoms with van der Waals surface area (Å²) in [6, 6.07) is 17.7. The molecule has 0 aromatic heterocycles. The molecule has 2 aromatic carbocycles. The molecule has 3 rings (SSSR count). The van der Waals surface area contributed by atoms with Gasteiger partial charge in [0, 0.05) is 37.3 Å². The number of nitrogens with zero attached hydrogens (tertiary/aromatic N) is 1. The SMILES string of the molecule is CC(=O)Nc1ccc(C(=O)N(CCc2ccccc2)C[C@@H]2CCCN2)cc1. The molecule has 0 radical (unpaired) electrons. The van der Waals surface area contributed by atoms with Gasteiger partial charge in [-0.15, -0.1) is 0 Å². The first kappa shape index (κ1) is 19.1. The molecule has 1 fully saturated rings. The van der Waals surface area contributed by atoms with Gasteiger partial charge in [-0.3, -0.25) is 9.59 Å². The van der Waals surface area contributed by atoms with E-state index in [1.54, 1.807) is 24.3 Å². The Hall–Kier alpha value is -2.66. The lowest BCUT2D eigenvalue weighted by atomic mass is 10.1. The molecular formula is C22H27N3O2. The van der Waals surface area contributed by atoms with Crippen LogP contribution in [0, 0.1) is 0 Å². The number of carbonyl (C=O) groups excluding carboxylic acids is 2. The van der Waals surface area contributed by atoms with Gasteiger partial charge in [0.15, 0.2) is 0 Å². The van der Waals surface area contributed by atoms with Crippen LogP contribution in [0.15, 0.2) is 54.6 Å². The van der Waals surface area contributed by atoms with Crippen molar-refractivity contribution in [3.63, 3.8) is 0 Å². The van der Waals surface area contributed by atoms with Crippen molar-refractivity contribution in [3.8, 4) is 0 Å². The van der Waals surface area contributed by atoms with E-state index in [2.05, 4.69) is 22.8 Å². The number of hydrogen-bond acceptors (Lipinski definition) is 3. The van der Waals surface area contributed by atoms with Crippen LogP contribution in [0.3, 0.4) is 0 Å². The van der Waals surface area contributed by atoms with Crippen LogP contribution in [0.1, 0.15) is 35.7 Å². The molecule has 0 unspecified atom stereocenters. The zero-order valence-corrected chi connectivity index (χ0v) is 15.8. The fourth-order valence-corrected chi connectivity index (χ4v) is 3.45. The topological polar surface area (TPSA) is 61.4 Å². The Balaban J connectivity index is 1.69. The van der Waals surface area contributed by atoms with Crippen LogP contribution in [-0.4, -0.2) is 42.4 Å². The lowest BCUT2D eigenvalue weighted by Crippen LogP contribution is -2.42. The lowest BCUT2D eigenvalue weighted by Gasteiger charge is -2.26. The maximum atomic E-state index is 13.1. The summed E-state index contributed by atoms with van der Waals surface area (Å²) in [7, 11) is 0. The van der Waals surface area contributed by atoms with Gasteiger partial charge in [0.05, 0.1) is 0 Å². The van der Waals surface area contributed by atoms with Gasteiger partial charge in [-0.2, -0.15) is 0 Å². The Morgan fingerprint density at radius 1 is 1.11 bits per heavy atom. The summed E-state index contributed by atoms with van der Waals surface area (Å²) in [6.07, 6.45) is 3.11. The molecule has 2 amide bonds. The number of amides is 2. The molecular weight excluding hydrogens is 338 g/mol. The normalized spacial score (nSPS) is 16.1. The Kier molecular flexibility index (Phi) is 6.60. The van der Waals surface area contributed by atoms with Gasteiger partial charge >= 0.3 is 0 Å². The van der Waals surface area contributed by atoms with Gasteiger partial charge in [0.1, 0.15) is 0 Å². The first-order valence-electron chi connectivity index (χ1n) is 9.56. The highest BCUT2D eigenvalue weighted by Crippen LogP contribution is 2.15. The predicted molar refractivity (Wildman–Crippen MR) is 108 cm³/mol. The minimum absolute atomic E-state index is 0.0361.